The molecule has 0 saturated carbocycles. The van der Waals surface area contributed by atoms with Crippen molar-refractivity contribution >= 4 is 15.9 Å². The van der Waals surface area contributed by atoms with E-state index < -0.39 is 0 Å². The number of rotatable bonds is 6. The quantitative estimate of drug-likeness (QED) is 0.765. The van der Waals surface area contributed by atoms with Gasteiger partial charge in [0.15, 0.2) is 0 Å². The molecule has 0 heterocycles. The van der Waals surface area contributed by atoms with Crippen molar-refractivity contribution in [3.05, 3.63) is 58.1 Å². The second kappa shape index (κ2) is 7.62. The summed E-state index contributed by atoms with van der Waals surface area (Å²) in [5, 5.41) is 3.44. The van der Waals surface area contributed by atoms with Gasteiger partial charge in [-0.05, 0) is 42.3 Å². The number of hydrogen-bond donors (Lipinski definition) is 1. The van der Waals surface area contributed by atoms with Crippen LogP contribution >= 0.6 is 15.9 Å². The number of aryl methyl sites for hydroxylation is 1. The monoisotopic (exact) mass is 347 g/mol. The molecule has 1 N–H and O–H groups in total. The molecule has 2 aromatic carbocycles. The van der Waals surface area contributed by atoms with E-state index >= 15 is 0 Å². The number of ether oxygens (including phenoxy) is 1. The molecule has 0 radical (unpaired) electrons. The number of hydrogen-bond acceptors (Lipinski definition) is 2. The van der Waals surface area contributed by atoms with Crippen molar-refractivity contribution in [2.45, 2.75) is 39.8 Å². The smallest absolute Gasteiger partial charge is 0.131 e. The van der Waals surface area contributed by atoms with E-state index in [4.69, 9.17) is 4.74 Å². The molecule has 0 spiro atoms. The predicted octanol–water partition coefficient (Wildman–Crippen LogP) is 5.30. The second-order valence-corrected chi connectivity index (χ2v) is 6.31. The fourth-order valence-corrected chi connectivity index (χ4v) is 2.46. The highest BCUT2D eigenvalue weighted by molar-refractivity contribution is 9.10. The zero-order valence-electron chi connectivity index (χ0n) is 12.8. The van der Waals surface area contributed by atoms with Crippen LogP contribution in [0.5, 0.6) is 11.5 Å². The second-order valence-electron chi connectivity index (χ2n) is 5.39. The Labute approximate surface area is 135 Å². The van der Waals surface area contributed by atoms with Crippen LogP contribution in [0.1, 0.15) is 31.9 Å². The lowest BCUT2D eigenvalue weighted by Crippen LogP contribution is -2.22. The zero-order chi connectivity index (χ0) is 15.2. The minimum absolute atomic E-state index is 0.445. The normalized spacial score (nSPS) is 10.9. The van der Waals surface area contributed by atoms with E-state index in [1.807, 2.05) is 24.3 Å². The first-order valence-corrected chi connectivity index (χ1v) is 8.16. The molecule has 2 aromatic rings. The molecule has 21 heavy (non-hydrogen) atoms. The van der Waals surface area contributed by atoms with Crippen LogP contribution in [0.3, 0.4) is 0 Å². The first-order chi connectivity index (χ1) is 10.1. The molecule has 112 valence electrons. The summed E-state index contributed by atoms with van der Waals surface area (Å²) in [6.45, 7) is 7.23. The summed E-state index contributed by atoms with van der Waals surface area (Å²) in [4.78, 5) is 0. The maximum Gasteiger partial charge on any atom is 0.131 e. The van der Waals surface area contributed by atoms with Gasteiger partial charge in [-0.25, -0.2) is 0 Å². The average Bonchev–Trinajstić information content (AvgIpc) is 2.47. The molecule has 0 fully saturated rings. The first kappa shape index (κ1) is 16.1. The summed E-state index contributed by atoms with van der Waals surface area (Å²) in [6, 6.07) is 14.8. The van der Waals surface area contributed by atoms with Crippen molar-refractivity contribution < 1.29 is 4.74 Å². The van der Waals surface area contributed by atoms with Crippen LogP contribution in [0.25, 0.3) is 0 Å². The van der Waals surface area contributed by atoms with Crippen molar-refractivity contribution in [2.75, 3.05) is 0 Å². The molecular weight excluding hydrogens is 326 g/mol. The zero-order valence-corrected chi connectivity index (χ0v) is 14.4. The van der Waals surface area contributed by atoms with Gasteiger partial charge in [0, 0.05) is 22.6 Å². The number of halogens is 1. The van der Waals surface area contributed by atoms with Crippen molar-refractivity contribution in [1.82, 2.24) is 5.32 Å². The average molecular weight is 348 g/mol. The molecular formula is C18H22BrNO. The van der Waals surface area contributed by atoms with Crippen LogP contribution < -0.4 is 10.1 Å². The maximum absolute atomic E-state index is 6.08. The van der Waals surface area contributed by atoms with Crippen molar-refractivity contribution in [3.8, 4) is 11.5 Å². The van der Waals surface area contributed by atoms with E-state index in [0.717, 1.165) is 34.5 Å². The van der Waals surface area contributed by atoms with Gasteiger partial charge in [0.2, 0.25) is 0 Å². The van der Waals surface area contributed by atoms with Gasteiger partial charge in [0.1, 0.15) is 11.5 Å². The SMILES string of the molecule is CCc1cccc(Oc2ccc(Br)cc2CNC(C)C)c1. The minimum atomic E-state index is 0.445. The highest BCUT2D eigenvalue weighted by Gasteiger charge is 2.07. The Morgan fingerprint density at radius 3 is 2.67 bits per heavy atom. The number of benzene rings is 2. The summed E-state index contributed by atoms with van der Waals surface area (Å²) in [7, 11) is 0. The summed E-state index contributed by atoms with van der Waals surface area (Å²) in [6.07, 6.45) is 1.01. The fraction of sp³-hybridized carbons (Fsp3) is 0.333. The van der Waals surface area contributed by atoms with E-state index in [-0.39, 0.29) is 0 Å². The molecule has 0 amide bonds. The standard InChI is InChI=1S/C18H22BrNO/c1-4-14-6-5-7-17(10-14)21-18-9-8-16(19)11-15(18)12-20-13(2)3/h5-11,13,20H,4,12H2,1-3H3. The summed E-state index contributed by atoms with van der Waals surface area (Å²) in [5.74, 6) is 1.79. The van der Waals surface area contributed by atoms with Crippen molar-refractivity contribution in [3.63, 3.8) is 0 Å². The third-order valence-corrected chi connectivity index (χ3v) is 3.75. The van der Waals surface area contributed by atoms with Gasteiger partial charge in [-0.15, -0.1) is 0 Å². The highest BCUT2D eigenvalue weighted by atomic mass is 79.9. The van der Waals surface area contributed by atoms with Gasteiger partial charge in [-0.1, -0.05) is 48.8 Å². The van der Waals surface area contributed by atoms with Gasteiger partial charge < -0.3 is 10.1 Å². The third-order valence-electron chi connectivity index (χ3n) is 3.26. The topological polar surface area (TPSA) is 21.3 Å². The highest BCUT2D eigenvalue weighted by Crippen LogP contribution is 2.28. The van der Waals surface area contributed by atoms with Crippen LogP contribution in [0.4, 0.5) is 0 Å². The molecule has 0 aromatic heterocycles. The number of nitrogens with one attached hydrogen (secondary N) is 1. The Morgan fingerprint density at radius 1 is 1.14 bits per heavy atom. The Hall–Kier alpha value is -1.32. The molecule has 0 unspecified atom stereocenters. The van der Waals surface area contributed by atoms with E-state index in [0.29, 0.717) is 6.04 Å². The Kier molecular flexibility index (Phi) is 5.83. The molecule has 2 rings (SSSR count). The van der Waals surface area contributed by atoms with Gasteiger partial charge in [0.25, 0.3) is 0 Å². The van der Waals surface area contributed by atoms with Gasteiger partial charge in [0.05, 0.1) is 0 Å². The Balaban J connectivity index is 2.21. The molecule has 0 aliphatic rings. The van der Waals surface area contributed by atoms with Gasteiger partial charge in [-0.2, -0.15) is 0 Å². The van der Waals surface area contributed by atoms with Crippen LogP contribution in [-0.4, -0.2) is 6.04 Å². The molecule has 0 aliphatic carbocycles. The van der Waals surface area contributed by atoms with Crippen LogP contribution in [-0.2, 0) is 13.0 Å². The van der Waals surface area contributed by atoms with Crippen molar-refractivity contribution in [2.24, 2.45) is 0 Å². The minimum Gasteiger partial charge on any atom is -0.457 e. The molecule has 0 aliphatic heterocycles. The fourth-order valence-electron chi connectivity index (χ4n) is 2.06. The van der Waals surface area contributed by atoms with Gasteiger partial charge in [-0.3, -0.25) is 0 Å². The van der Waals surface area contributed by atoms with E-state index in [2.05, 4.69) is 60.2 Å². The molecule has 0 bridgehead atoms. The van der Waals surface area contributed by atoms with Crippen molar-refractivity contribution in [1.29, 1.82) is 0 Å². The third kappa shape index (κ3) is 4.87. The van der Waals surface area contributed by atoms with E-state index in [1.165, 1.54) is 5.56 Å². The van der Waals surface area contributed by atoms with Crippen LogP contribution in [0.15, 0.2) is 46.9 Å². The lowest BCUT2D eigenvalue weighted by molar-refractivity contribution is 0.468. The van der Waals surface area contributed by atoms with Gasteiger partial charge >= 0.3 is 0 Å². The first-order valence-electron chi connectivity index (χ1n) is 7.37. The molecule has 2 nitrogen and oxygen atoms in total. The van der Waals surface area contributed by atoms with Crippen LogP contribution in [0.2, 0.25) is 0 Å². The predicted molar refractivity (Wildman–Crippen MR) is 92.0 cm³/mol. The lowest BCUT2D eigenvalue weighted by atomic mass is 10.1. The molecule has 0 saturated heterocycles. The summed E-state index contributed by atoms with van der Waals surface area (Å²) in [5.41, 5.74) is 2.44. The summed E-state index contributed by atoms with van der Waals surface area (Å²) < 4.78 is 7.15. The maximum atomic E-state index is 6.08. The molecule has 0 atom stereocenters. The van der Waals surface area contributed by atoms with E-state index in [9.17, 15) is 0 Å². The van der Waals surface area contributed by atoms with Crippen LogP contribution in [0, 0.1) is 0 Å². The summed E-state index contributed by atoms with van der Waals surface area (Å²) >= 11 is 3.53. The van der Waals surface area contributed by atoms with E-state index in [1.54, 1.807) is 0 Å². The molecule has 3 heteroatoms. The largest absolute Gasteiger partial charge is 0.457 e. The Morgan fingerprint density at radius 2 is 1.95 bits per heavy atom. The lowest BCUT2D eigenvalue weighted by Gasteiger charge is -2.14. The Bertz CT molecular complexity index is 596.